The first-order valence-electron chi connectivity index (χ1n) is 8.15. The molecule has 114 valence electrons. The molecule has 1 aliphatic carbocycles. The van der Waals surface area contributed by atoms with Gasteiger partial charge in [-0.05, 0) is 32.1 Å². The number of hydrogen-bond acceptors (Lipinski definition) is 2. The van der Waals surface area contributed by atoms with Gasteiger partial charge in [0, 0.05) is 19.0 Å². The van der Waals surface area contributed by atoms with Gasteiger partial charge in [0.1, 0.15) is 0 Å². The molecule has 2 N–H and O–H groups in total. The summed E-state index contributed by atoms with van der Waals surface area (Å²) in [5, 5.41) is 5.41. The quantitative estimate of drug-likeness (QED) is 0.828. The average Bonchev–Trinajstić information content (AvgIpc) is 3.06. The van der Waals surface area contributed by atoms with Crippen LogP contribution >= 0.6 is 11.6 Å². The number of aryl methyl sites for hydroxylation is 2. The summed E-state index contributed by atoms with van der Waals surface area (Å²) >= 11 is 6.44. The molecule has 1 aliphatic rings. The Morgan fingerprint density at radius 3 is 2.65 bits per heavy atom. The van der Waals surface area contributed by atoms with E-state index in [0.717, 1.165) is 48.1 Å². The summed E-state index contributed by atoms with van der Waals surface area (Å²) in [6.07, 6.45) is 9.75. The summed E-state index contributed by atoms with van der Waals surface area (Å²) < 4.78 is 2.02. The van der Waals surface area contributed by atoms with Crippen LogP contribution in [0.15, 0.2) is 0 Å². The Kier molecular flexibility index (Phi) is 5.91. The minimum atomic E-state index is 0.208. The van der Waals surface area contributed by atoms with Gasteiger partial charge in [-0.3, -0.25) is 4.68 Å². The Balaban J connectivity index is 1.92. The van der Waals surface area contributed by atoms with Crippen LogP contribution in [0, 0.1) is 5.92 Å². The predicted octanol–water partition coefficient (Wildman–Crippen LogP) is 3.96. The number of aromatic nitrogens is 2. The van der Waals surface area contributed by atoms with Crippen molar-refractivity contribution in [1.29, 1.82) is 0 Å². The van der Waals surface area contributed by atoms with E-state index in [4.69, 9.17) is 17.3 Å². The average molecular weight is 298 g/mol. The van der Waals surface area contributed by atoms with Crippen LogP contribution in [-0.4, -0.2) is 15.8 Å². The van der Waals surface area contributed by atoms with Crippen molar-refractivity contribution in [3.8, 4) is 0 Å². The summed E-state index contributed by atoms with van der Waals surface area (Å²) in [4.78, 5) is 0. The molecule has 1 heterocycles. The van der Waals surface area contributed by atoms with E-state index in [9.17, 15) is 0 Å². The standard InChI is InChI=1S/C16H28ClN3/c1-3-14-16(17)15(20(4-2)19-14)11-13(18)10-9-12-7-5-6-8-12/h12-13H,3-11,18H2,1-2H3. The highest BCUT2D eigenvalue weighted by Crippen LogP contribution is 2.29. The maximum absolute atomic E-state index is 6.44. The van der Waals surface area contributed by atoms with Crippen LogP contribution in [0.5, 0.6) is 0 Å². The van der Waals surface area contributed by atoms with Crippen LogP contribution in [0.3, 0.4) is 0 Å². The van der Waals surface area contributed by atoms with Crippen LogP contribution in [0.4, 0.5) is 0 Å². The van der Waals surface area contributed by atoms with E-state index in [1.54, 1.807) is 0 Å². The summed E-state index contributed by atoms with van der Waals surface area (Å²) in [7, 11) is 0. The van der Waals surface area contributed by atoms with Crippen molar-refractivity contribution in [2.24, 2.45) is 11.7 Å². The number of nitrogens with two attached hydrogens (primary N) is 1. The molecule has 1 saturated carbocycles. The number of nitrogens with zero attached hydrogens (tertiary/aromatic N) is 2. The molecule has 0 aliphatic heterocycles. The first kappa shape index (κ1) is 15.8. The summed E-state index contributed by atoms with van der Waals surface area (Å²) in [6.45, 7) is 5.07. The molecule has 1 fully saturated rings. The Bertz CT molecular complexity index is 422. The van der Waals surface area contributed by atoms with Crippen molar-refractivity contribution in [2.45, 2.75) is 77.8 Å². The zero-order chi connectivity index (χ0) is 14.5. The molecule has 2 rings (SSSR count). The van der Waals surface area contributed by atoms with E-state index >= 15 is 0 Å². The van der Waals surface area contributed by atoms with E-state index in [0.29, 0.717) is 0 Å². The van der Waals surface area contributed by atoms with E-state index in [1.165, 1.54) is 32.1 Å². The Morgan fingerprint density at radius 1 is 1.35 bits per heavy atom. The smallest absolute Gasteiger partial charge is 0.0850 e. The van der Waals surface area contributed by atoms with Gasteiger partial charge in [-0.2, -0.15) is 5.10 Å². The van der Waals surface area contributed by atoms with Crippen molar-refractivity contribution in [3.05, 3.63) is 16.4 Å². The summed E-state index contributed by atoms with van der Waals surface area (Å²) in [5.74, 6) is 0.916. The fourth-order valence-corrected chi connectivity index (χ4v) is 3.66. The molecule has 3 nitrogen and oxygen atoms in total. The van der Waals surface area contributed by atoms with Gasteiger partial charge in [-0.15, -0.1) is 0 Å². The van der Waals surface area contributed by atoms with Crippen LogP contribution < -0.4 is 5.73 Å². The molecule has 1 aromatic rings. The fourth-order valence-electron chi connectivity index (χ4n) is 3.31. The summed E-state index contributed by atoms with van der Waals surface area (Å²) in [5.41, 5.74) is 8.46. The third kappa shape index (κ3) is 3.76. The molecule has 0 saturated heterocycles. The number of rotatable bonds is 7. The third-order valence-corrected chi connectivity index (χ3v) is 5.01. The van der Waals surface area contributed by atoms with E-state index in [2.05, 4.69) is 18.9 Å². The van der Waals surface area contributed by atoms with Gasteiger partial charge in [0.05, 0.1) is 16.4 Å². The lowest BCUT2D eigenvalue weighted by Gasteiger charge is -2.15. The van der Waals surface area contributed by atoms with Crippen LogP contribution in [0.1, 0.15) is 63.8 Å². The van der Waals surface area contributed by atoms with Crippen LogP contribution in [-0.2, 0) is 19.4 Å². The topological polar surface area (TPSA) is 43.8 Å². The molecule has 1 aromatic heterocycles. The van der Waals surface area contributed by atoms with Crippen molar-refractivity contribution in [3.63, 3.8) is 0 Å². The largest absolute Gasteiger partial charge is 0.327 e. The first-order valence-corrected chi connectivity index (χ1v) is 8.53. The summed E-state index contributed by atoms with van der Waals surface area (Å²) in [6, 6.07) is 0.208. The lowest BCUT2D eigenvalue weighted by Crippen LogP contribution is -2.25. The van der Waals surface area contributed by atoms with Gasteiger partial charge in [-0.1, -0.05) is 44.2 Å². The van der Waals surface area contributed by atoms with Crippen molar-refractivity contribution in [1.82, 2.24) is 9.78 Å². The SMILES string of the molecule is CCc1nn(CC)c(CC(N)CCC2CCCC2)c1Cl. The van der Waals surface area contributed by atoms with E-state index in [-0.39, 0.29) is 6.04 Å². The van der Waals surface area contributed by atoms with Gasteiger partial charge in [0.2, 0.25) is 0 Å². The van der Waals surface area contributed by atoms with Crippen LogP contribution in [0.25, 0.3) is 0 Å². The highest BCUT2D eigenvalue weighted by molar-refractivity contribution is 6.31. The molecule has 1 atom stereocenters. The maximum Gasteiger partial charge on any atom is 0.0850 e. The van der Waals surface area contributed by atoms with Gasteiger partial charge in [0.25, 0.3) is 0 Å². The second-order valence-corrected chi connectivity index (χ2v) is 6.45. The van der Waals surface area contributed by atoms with Gasteiger partial charge in [-0.25, -0.2) is 0 Å². The Hall–Kier alpha value is -0.540. The Labute approximate surface area is 127 Å². The molecule has 0 radical (unpaired) electrons. The molecular formula is C16H28ClN3. The lowest BCUT2D eigenvalue weighted by atomic mass is 9.97. The Morgan fingerprint density at radius 2 is 2.05 bits per heavy atom. The second-order valence-electron chi connectivity index (χ2n) is 6.07. The van der Waals surface area contributed by atoms with E-state index in [1.807, 2.05) is 4.68 Å². The normalized spacial score (nSPS) is 17.8. The van der Waals surface area contributed by atoms with E-state index < -0.39 is 0 Å². The molecular weight excluding hydrogens is 270 g/mol. The highest BCUT2D eigenvalue weighted by Gasteiger charge is 2.19. The number of hydrogen-bond donors (Lipinski definition) is 1. The van der Waals surface area contributed by atoms with Crippen LogP contribution in [0.2, 0.25) is 5.02 Å². The molecule has 4 heteroatoms. The maximum atomic E-state index is 6.44. The predicted molar refractivity (Wildman–Crippen MR) is 85.2 cm³/mol. The second kappa shape index (κ2) is 7.46. The minimum absolute atomic E-state index is 0.208. The van der Waals surface area contributed by atoms with Gasteiger partial charge in [0.15, 0.2) is 0 Å². The lowest BCUT2D eigenvalue weighted by molar-refractivity contribution is 0.441. The zero-order valence-electron chi connectivity index (χ0n) is 12.9. The van der Waals surface area contributed by atoms with Crippen molar-refractivity contribution < 1.29 is 0 Å². The van der Waals surface area contributed by atoms with Gasteiger partial charge < -0.3 is 5.73 Å². The monoisotopic (exact) mass is 297 g/mol. The molecule has 20 heavy (non-hydrogen) atoms. The minimum Gasteiger partial charge on any atom is -0.327 e. The molecule has 1 unspecified atom stereocenters. The van der Waals surface area contributed by atoms with Crippen molar-refractivity contribution >= 4 is 11.6 Å². The fraction of sp³-hybridized carbons (Fsp3) is 0.812. The molecule has 0 aromatic carbocycles. The zero-order valence-corrected chi connectivity index (χ0v) is 13.6. The molecule has 0 bridgehead atoms. The highest BCUT2D eigenvalue weighted by atomic mass is 35.5. The van der Waals surface area contributed by atoms with Crippen molar-refractivity contribution in [2.75, 3.05) is 0 Å². The molecule has 0 amide bonds. The molecule has 0 spiro atoms. The number of halogens is 1. The third-order valence-electron chi connectivity index (χ3n) is 4.57. The van der Waals surface area contributed by atoms with Gasteiger partial charge >= 0.3 is 0 Å². The first-order chi connectivity index (χ1) is 9.65.